The number of benzene rings is 2. The van der Waals surface area contributed by atoms with Gasteiger partial charge < -0.3 is 19.7 Å². The summed E-state index contributed by atoms with van der Waals surface area (Å²) in [7, 11) is 1.25. The summed E-state index contributed by atoms with van der Waals surface area (Å²) in [6, 6.07) is 5.24. The summed E-state index contributed by atoms with van der Waals surface area (Å²) in [5, 5.41) is 20.3. The number of carbonyl (C=O) groups is 3. The molecule has 1 aliphatic carbocycles. The van der Waals surface area contributed by atoms with Crippen LogP contribution in [0.3, 0.4) is 0 Å². The lowest BCUT2D eigenvalue weighted by Gasteiger charge is -2.22. The van der Waals surface area contributed by atoms with Crippen LogP contribution in [0.5, 0.6) is 23.0 Å². The van der Waals surface area contributed by atoms with Crippen molar-refractivity contribution in [2.24, 2.45) is 0 Å². The van der Waals surface area contributed by atoms with Gasteiger partial charge in [-0.15, -0.1) is 0 Å². The van der Waals surface area contributed by atoms with E-state index in [0.29, 0.717) is 0 Å². The maximum absolute atomic E-state index is 12.8. The number of fused-ring (bicyclic) bond motifs is 2. The Morgan fingerprint density at radius 3 is 2.33 bits per heavy atom. The lowest BCUT2D eigenvalue weighted by atomic mass is 9.82. The van der Waals surface area contributed by atoms with Gasteiger partial charge in [0.15, 0.2) is 17.3 Å². The SMILES string of the molecule is COc1cc(O)c2c(c1O)C(=O)c1cccc(OC(C)=O)c1C2=O. The summed E-state index contributed by atoms with van der Waals surface area (Å²) >= 11 is 0. The first kappa shape index (κ1) is 15.5. The van der Waals surface area contributed by atoms with Crippen molar-refractivity contribution >= 4 is 17.5 Å². The summed E-state index contributed by atoms with van der Waals surface area (Å²) < 4.78 is 9.88. The maximum atomic E-state index is 12.8. The van der Waals surface area contributed by atoms with Crippen LogP contribution in [0.25, 0.3) is 0 Å². The fraction of sp³-hybridized carbons (Fsp3) is 0.118. The number of methoxy groups -OCH3 is 1. The molecule has 0 fully saturated rings. The Kier molecular flexibility index (Phi) is 3.48. The molecule has 2 aromatic carbocycles. The van der Waals surface area contributed by atoms with Crippen LogP contribution in [0.15, 0.2) is 24.3 Å². The van der Waals surface area contributed by atoms with E-state index >= 15 is 0 Å². The smallest absolute Gasteiger partial charge is 0.308 e. The van der Waals surface area contributed by atoms with Gasteiger partial charge in [-0.1, -0.05) is 12.1 Å². The van der Waals surface area contributed by atoms with E-state index in [0.717, 1.165) is 13.0 Å². The maximum Gasteiger partial charge on any atom is 0.308 e. The second kappa shape index (κ2) is 5.38. The van der Waals surface area contributed by atoms with Gasteiger partial charge in [-0.2, -0.15) is 0 Å². The number of ketones is 2. The molecule has 0 bridgehead atoms. The van der Waals surface area contributed by atoms with Gasteiger partial charge in [0.1, 0.15) is 11.5 Å². The Morgan fingerprint density at radius 1 is 1.00 bits per heavy atom. The third-order valence-corrected chi connectivity index (χ3v) is 3.67. The van der Waals surface area contributed by atoms with Gasteiger partial charge in [-0.05, 0) is 6.07 Å². The number of phenolic OH excluding ortho intramolecular Hbond substituents is 2. The first-order chi connectivity index (χ1) is 11.4. The molecule has 0 aliphatic heterocycles. The highest BCUT2D eigenvalue weighted by atomic mass is 16.5. The molecule has 1 aliphatic rings. The molecule has 0 spiro atoms. The average Bonchev–Trinajstić information content (AvgIpc) is 2.53. The Morgan fingerprint density at radius 2 is 1.71 bits per heavy atom. The van der Waals surface area contributed by atoms with E-state index in [1.807, 2.05) is 0 Å². The monoisotopic (exact) mass is 328 g/mol. The summed E-state index contributed by atoms with van der Waals surface area (Å²) in [6.07, 6.45) is 0. The van der Waals surface area contributed by atoms with E-state index in [4.69, 9.17) is 9.47 Å². The van der Waals surface area contributed by atoms with Gasteiger partial charge in [0, 0.05) is 18.6 Å². The van der Waals surface area contributed by atoms with Gasteiger partial charge in [0.05, 0.1) is 23.8 Å². The highest BCUT2D eigenvalue weighted by Gasteiger charge is 2.38. The summed E-state index contributed by atoms with van der Waals surface area (Å²) in [6.45, 7) is 1.16. The van der Waals surface area contributed by atoms with E-state index in [-0.39, 0.29) is 33.8 Å². The summed E-state index contributed by atoms with van der Waals surface area (Å²) in [5.41, 5.74) is -0.867. The number of hydrogen-bond donors (Lipinski definition) is 2. The van der Waals surface area contributed by atoms with Crippen LogP contribution in [0.2, 0.25) is 0 Å². The number of rotatable bonds is 2. The highest BCUT2D eigenvalue weighted by Crippen LogP contribution is 2.44. The van der Waals surface area contributed by atoms with Crippen molar-refractivity contribution in [3.8, 4) is 23.0 Å². The van der Waals surface area contributed by atoms with Crippen molar-refractivity contribution in [3.05, 3.63) is 46.5 Å². The average molecular weight is 328 g/mol. The standard InChI is InChI=1S/C17H12O7/c1-7(18)24-10-5-3-4-8-12(10)17(22)13-9(19)6-11(23-2)16(21)14(13)15(8)20/h3-6,19,21H,1-2H3. The van der Waals surface area contributed by atoms with Crippen LogP contribution in [0.4, 0.5) is 0 Å². The fourth-order valence-corrected chi connectivity index (χ4v) is 2.70. The zero-order valence-corrected chi connectivity index (χ0v) is 12.7. The van der Waals surface area contributed by atoms with Crippen LogP contribution in [0.1, 0.15) is 38.8 Å². The predicted octanol–water partition coefficient (Wildman–Crippen LogP) is 1.81. The van der Waals surface area contributed by atoms with Crippen molar-refractivity contribution in [2.45, 2.75) is 6.92 Å². The minimum absolute atomic E-state index is 0.0331. The molecule has 0 amide bonds. The first-order valence-electron chi connectivity index (χ1n) is 6.90. The molecule has 0 heterocycles. The highest BCUT2D eigenvalue weighted by molar-refractivity contribution is 6.31. The molecule has 0 saturated carbocycles. The van der Waals surface area contributed by atoms with Crippen molar-refractivity contribution in [1.29, 1.82) is 0 Å². The molecule has 7 nitrogen and oxygen atoms in total. The van der Waals surface area contributed by atoms with Gasteiger partial charge >= 0.3 is 5.97 Å². The second-order valence-corrected chi connectivity index (χ2v) is 5.13. The minimum atomic E-state index is -0.730. The normalized spacial score (nSPS) is 12.4. The molecular formula is C17H12O7. The third-order valence-electron chi connectivity index (χ3n) is 3.67. The van der Waals surface area contributed by atoms with Gasteiger partial charge in [-0.25, -0.2) is 0 Å². The Labute approximate surface area is 136 Å². The number of carbonyl (C=O) groups excluding carboxylic acids is 3. The van der Waals surface area contributed by atoms with Crippen LogP contribution in [0, 0.1) is 0 Å². The number of hydrogen-bond acceptors (Lipinski definition) is 7. The van der Waals surface area contributed by atoms with Crippen LogP contribution in [-0.4, -0.2) is 34.9 Å². The molecule has 7 heteroatoms. The Hall–Kier alpha value is -3.35. The molecule has 0 saturated heterocycles. The molecule has 0 atom stereocenters. The Balaban J connectivity index is 2.32. The topological polar surface area (TPSA) is 110 Å². The van der Waals surface area contributed by atoms with E-state index in [9.17, 15) is 24.6 Å². The lowest BCUT2D eigenvalue weighted by molar-refractivity contribution is -0.131. The molecule has 2 N–H and O–H groups in total. The summed E-state index contributed by atoms with van der Waals surface area (Å²) in [4.78, 5) is 36.7. The van der Waals surface area contributed by atoms with Gasteiger partial charge in [-0.3, -0.25) is 14.4 Å². The van der Waals surface area contributed by atoms with E-state index < -0.39 is 29.0 Å². The Bertz CT molecular complexity index is 912. The van der Waals surface area contributed by atoms with Crippen molar-refractivity contribution in [2.75, 3.05) is 7.11 Å². The molecule has 2 aromatic rings. The minimum Gasteiger partial charge on any atom is -0.507 e. The first-order valence-corrected chi connectivity index (χ1v) is 6.90. The number of ether oxygens (including phenoxy) is 2. The van der Waals surface area contributed by atoms with E-state index in [2.05, 4.69) is 0 Å². The van der Waals surface area contributed by atoms with Crippen LogP contribution in [-0.2, 0) is 4.79 Å². The second-order valence-electron chi connectivity index (χ2n) is 5.13. The van der Waals surface area contributed by atoms with Crippen molar-refractivity contribution in [1.82, 2.24) is 0 Å². The molecule has 122 valence electrons. The van der Waals surface area contributed by atoms with Crippen LogP contribution >= 0.6 is 0 Å². The number of esters is 1. The van der Waals surface area contributed by atoms with Crippen molar-refractivity contribution in [3.63, 3.8) is 0 Å². The van der Waals surface area contributed by atoms with Gasteiger partial charge in [0.2, 0.25) is 5.78 Å². The number of phenols is 2. The molecule has 0 unspecified atom stereocenters. The number of aromatic hydroxyl groups is 2. The summed E-state index contributed by atoms with van der Waals surface area (Å²) in [5.74, 6) is -3.33. The molecule has 0 radical (unpaired) electrons. The van der Waals surface area contributed by atoms with Gasteiger partial charge in [0.25, 0.3) is 0 Å². The zero-order valence-electron chi connectivity index (χ0n) is 12.7. The molecular weight excluding hydrogens is 316 g/mol. The van der Waals surface area contributed by atoms with E-state index in [1.54, 1.807) is 0 Å². The fourth-order valence-electron chi connectivity index (χ4n) is 2.70. The third kappa shape index (κ3) is 2.10. The zero-order chi connectivity index (χ0) is 17.6. The lowest BCUT2D eigenvalue weighted by Crippen LogP contribution is -2.23. The molecule has 3 rings (SSSR count). The van der Waals surface area contributed by atoms with Crippen molar-refractivity contribution < 1.29 is 34.1 Å². The van der Waals surface area contributed by atoms with Crippen LogP contribution < -0.4 is 9.47 Å². The molecule has 24 heavy (non-hydrogen) atoms. The quantitative estimate of drug-likeness (QED) is 0.419. The van der Waals surface area contributed by atoms with E-state index in [1.165, 1.54) is 25.3 Å². The molecule has 0 aromatic heterocycles. The predicted molar refractivity (Wildman–Crippen MR) is 80.9 cm³/mol. The largest absolute Gasteiger partial charge is 0.507 e.